The van der Waals surface area contributed by atoms with E-state index in [1.54, 1.807) is 16.8 Å². The molecule has 9 heteroatoms. The van der Waals surface area contributed by atoms with Crippen molar-refractivity contribution in [2.24, 2.45) is 0 Å². The van der Waals surface area contributed by atoms with Crippen LogP contribution in [0.5, 0.6) is 0 Å². The molecule has 0 aliphatic carbocycles. The zero-order valence-corrected chi connectivity index (χ0v) is 16.5. The van der Waals surface area contributed by atoms with E-state index in [1.165, 1.54) is 11.8 Å². The smallest absolute Gasteiger partial charge is 0.230 e. The van der Waals surface area contributed by atoms with Crippen LogP contribution in [0, 0.1) is 0 Å². The number of halogens is 1. The van der Waals surface area contributed by atoms with Crippen molar-refractivity contribution in [3.63, 3.8) is 0 Å². The summed E-state index contributed by atoms with van der Waals surface area (Å²) in [6.07, 6.45) is 0. The summed E-state index contributed by atoms with van der Waals surface area (Å²) in [5, 5.41) is 15.7. The highest BCUT2D eigenvalue weighted by Gasteiger charge is 2.12. The van der Waals surface area contributed by atoms with Gasteiger partial charge in [0.2, 0.25) is 11.1 Å². The molecule has 0 radical (unpaired) electrons. The number of nitrogens with one attached hydrogen (secondary N) is 1. The molecule has 3 rings (SSSR count). The predicted octanol–water partition coefficient (Wildman–Crippen LogP) is 2.79. The first kappa shape index (κ1) is 19.2. The molecule has 0 aliphatic rings. The van der Waals surface area contributed by atoms with Crippen molar-refractivity contribution in [2.45, 2.75) is 11.7 Å². The predicted molar refractivity (Wildman–Crippen MR) is 108 cm³/mol. The first-order valence-corrected chi connectivity index (χ1v) is 9.59. The minimum atomic E-state index is -0.0858. The molecule has 1 heterocycles. The van der Waals surface area contributed by atoms with Crippen LogP contribution in [0.4, 0.5) is 5.69 Å². The van der Waals surface area contributed by atoms with Crippen molar-refractivity contribution in [3.8, 4) is 5.69 Å². The van der Waals surface area contributed by atoms with Gasteiger partial charge in [0.05, 0.1) is 11.4 Å². The lowest BCUT2D eigenvalue weighted by molar-refractivity contribution is -0.118. The van der Waals surface area contributed by atoms with Crippen molar-refractivity contribution in [1.29, 1.82) is 0 Å². The van der Waals surface area contributed by atoms with Crippen LogP contribution >= 0.6 is 23.4 Å². The number of anilines is 1. The normalized spacial score (nSPS) is 10.6. The molecular weight excluding hydrogens is 384 g/mol. The summed E-state index contributed by atoms with van der Waals surface area (Å²) in [6, 6.07) is 15.3. The summed E-state index contributed by atoms with van der Waals surface area (Å²) in [4.78, 5) is 14.2. The number of tetrazole rings is 1. The summed E-state index contributed by atoms with van der Waals surface area (Å²) in [5.41, 5.74) is 2.91. The van der Waals surface area contributed by atoms with Crippen LogP contribution in [0.2, 0.25) is 5.02 Å². The molecule has 0 saturated carbocycles. The third kappa shape index (κ3) is 5.21. The Kier molecular flexibility index (Phi) is 6.31. The Hall–Kier alpha value is -2.58. The Morgan fingerprint density at radius 2 is 2.00 bits per heavy atom. The van der Waals surface area contributed by atoms with Crippen LogP contribution in [0.25, 0.3) is 5.69 Å². The Labute approximate surface area is 166 Å². The van der Waals surface area contributed by atoms with Gasteiger partial charge in [-0.1, -0.05) is 41.6 Å². The van der Waals surface area contributed by atoms with Gasteiger partial charge >= 0.3 is 0 Å². The zero-order valence-electron chi connectivity index (χ0n) is 15.0. The Morgan fingerprint density at radius 3 is 2.70 bits per heavy atom. The second-order valence-electron chi connectivity index (χ2n) is 5.98. The number of carbonyl (C=O) groups is 1. The topological polar surface area (TPSA) is 75.9 Å². The first-order valence-electron chi connectivity index (χ1n) is 8.23. The van der Waals surface area contributed by atoms with Crippen molar-refractivity contribution in [3.05, 3.63) is 59.1 Å². The van der Waals surface area contributed by atoms with Gasteiger partial charge in [-0.05, 0) is 46.3 Å². The maximum atomic E-state index is 12.1. The van der Waals surface area contributed by atoms with Crippen molar-refractivity contribution in [2.75, 3.05) is 24.7 Å². The molecule has 0 fully saturated rings. The molecule has 0 atom stereocenters. The SMILES string of the molecule is CN(C)c1ccc(CNC(=O)CSc2nnnn2-c2cccc(Cl)c2)cc1. The van der Waals surface area contributed by atoms with Crippen molar-refractivity contribution in [1.82, 2.24) is 25.5 Å². The summed E-state index contributed by atoms with van der Waals surface area (Å²) in [6.45, 7) is 0.479. The molecule has 0 saturated heterocycles. The fourth-order valence-corrected chi connectivity index (χ4v) is 3.24. The molecule has 7 nitrogen and oxygen atoms in total. The molecule has 27 heavy (non-hydrogen) atoms. The quantitative estimate of drug-likeness (QED) is 0.612. The standard InChI is InChI=1S/C18H19ClN6OS/c1-24(2)15-8-6-13(7-9-15)11-20-17(26)12-27-18-21-22-23-25(18)16-5-3-4-14(19)10-16/h3-10H,11-12H2,1-2H3,(H,20,26). The number of hydrogen-bond acceptors (Lipinski definition) is 6. The van der Waals surface area contributed by atoms with Gasteiger partial charge in [-0.15, -0.1) is 5.10 Å². The summed E-state index contributed by atoms with van der Waals surface area (Å²) in [7, 11) is 3.98. The van der Waals surface area contributed by atoms with Gasteiger partial charge in [0, 0.05) is 31.4 Å². The number of nitrogens with zero attached hydrogens (tertiary/aromatic N) is 5. The van der Waals surface area contributed by atoms with Crippen molar-refractivity contribution < 1.29 is 4.79 Å². The second kappa shape index (κ2) is 8.88. The van der Waals surface area contributed by atoms with Crippen molar-refractivity contribution >= 4 is 35.0 Å². The average molecular weight is 403 g/mol. The molecule has 1 N–H and O–H groups in total. The maximum Gasteiger partial charge on any atom is 0.230 e. The second-order valence-corrected chi connectivity index (χ2v) is 7.36. The van der Waals surface area contributed by atoms with Gasteiger partial charge in [0.1, 0.15) is 0 Å². The fraction of sp³-hybridized carbons (Fsp3) is 0.222. The van der Waals surface area contributed by atoms with Crippen LogP contribution in [0.3, 0.4) is 0 Å². The first-order chi connectivity index (χ1) is 13.0. The highest BCUT2D eigenvalue weighted by molar-refractivity contribution is 7.99. The summed E-state index contributed by atoms with van der Waals surface area (Å²) < 4.78 is 1.56. The molecule has 0 spiro atoms. The third-order valence-electron chi connectivity index (χ3n) is 3.77. The lowest BCUT2D eigenvalue weighted by Gasteiger charge is -2.12. The molecular formula is C18H19ClN6OS. The largest absolute Gasteiger partial charge is 0.378 e. The molecule has 0 bridgehead atoms. The number of amides is 1. The van der Waals surface area contributed by atoms with Crippen LogP contribution in [-0.4, -0.2) is 46.0 Å². The van der Waals surface area contributed by atoms with Gasteiger partial charge < -0.3 is 10.2 Å². The van der Waals surface area contributed by atoms with Gasteiger partial charge in [-0.25, -0.2) is 0 Å². The molecule has 1 amide bonds. The molecule has 2 aromatic carbocycles. The Bertz CT molecular complexity index is 912. The number of carbonyl (C=O) groups excluding carboxylic acids is 1. The van der Waals surface area contributed by atoms with Gasteiger partial charge in [-0.2, -0.15) is 4.68 Å². The van der Waals surface area contributed by atoms with E-state index in [4.69, 9.17) is 11.6 Å². The average Bonchev–Trinajstić information content (AvgIpc) is 3.13. The molecule has 3 aromatic rings. The van der Waals surface area contributed by atoms with E-state index in [0.717, 1.165) is 16.9 Å². The third-order valence-corrected chi connectivity index (χ3v) is 4.92. The monoisotopic (exact) mass is 402 g/mol. The van der Waals surface area contributed by atoms with E-state index >= 15 is 0 Å². The highest BCUT2D eigenvalue weighted by Crippen LogP contribution is 2.20. The van der Waals surface area contributed by atoms with Crippen LogP contribution in [-0.2, 0) is 11.3 Å². The Morgan fingerprint density at radius 1 is 1.22 bits per heavy atom. The molecule has 140 valence electrons. The van der Waals surface area contributed by atoms with Gasteiger partial charge in [-0.3, -0.25) is 4.79 Å². The van der Waals surface area contributed by atoms with Crippen LogP contribution in [0.1, 0.15) is 5.56 Å². The van der Waals surface area contributed by atoms with Crippen LogP contribution in [0.15, 0.2) is 53.7 Å². The lowest BCUT2D eigenvalue weighted by Crippen LogP contribution is -2.24. The highest BCUT2D eigenvalue weighted by atomic mass is 35.5. The number of thioether (sulfide) groups is 1. The lowest BCUT2D eigenvalue weighted by atomic mass is 10.2. The zero-order chi connectivity index (χ0) is 19.2. The molecule has 1 aromatic heterocycles. The maximum absolute atomic E-state index is 12.1. The van der Waals surface area contributed by atoms with E-state index in [0.29, 0.717) is 16.7 Å². The minimum Gasteiger partial charge on any atom is -0.378 e. The van der Waals surface area contributed by atoms with Crippen LogP contribution < -0.4 is 10.2 Å². The molecule has 0 unspecified atom stereocenters. The van der Waals surface area contributed by atoms with E-state index < -0.39 is 0 Å². The number of aromatic nitrogens is 4. The summed E-state index contributed by atoms with van der Waals surface area (Å²) >= 11 is 7.28. The Balaban J connectivity index is 1.53. The number of rotatable bonds is 7. The number of hydrogen-bond donors (Lipinski definition) is 1. The van der Waals surface area contributed by atoms with E-state index in [1.807, 2.05) is 55.4 Å². The summed E-state index contributed by atoms with van der Waals surface area (Å²) in [5.74, 6) is 0.133. The van der Waals surface area contributed by atoms with Gasteiger partial charge in [0.25, 0.3) is 0 Å². The van der Waals surface area contributed by atoms with E-state index in [2.05, 4.69) is 20.8 Å². The molecule has 0 aliphatic heterocycles. The minimum absolute atomic E-state index is 0.0858. The van der Waals surface area contributed by atoms with E-state index in [9.17, 15) is 4.79 Å². The van der Waals surface area contributed by atoms with E-state index in [-0.39, 0.29) is 11.7 Å². The number of benzene rings is 2. The van der Waals surface area contributed by atoms with Gasteiger partial charge in [0.15, 0.2) is 0 Å². The fourth-order valence-electron chi connectivity index (χ4n) is 2.33.